The quantitative estimate of drug-likeness (QED) is 0.570. The standard InChI is InChI=1S/C7H10O3.C3H6.C2H6O2/c1-3-5-9-7(8)10-6-4-2;1-2-3-1;3-1-2-4/h3-4H,1-2,5-6H2;1-3H2;3-4H,1-2H2. The fraction of sp³-hybridized carbons (Fsp3) is 0.583. The third-order valence-electron chi connectivity index (χ3n) is 1.09. The first-order valence-corrected chi connectivity index (χ1v) is 5.46. The van der Waals surface area contributed by atoms with Crippen LogP contribution in [0.25, 0.3) is 0 Å². The Kier molecular flexibility index (Phi) is 18.1. The Hall–Kier alpha value is -1.33. The van der Waals surface area contributed by atoms with E-state index < -0.39 is 6.16 Å². The summed E-state index contributed by atoms with van der Waals surface area (Å²) in [6.45, 7) is 6.82. The molecule has 5 nitrogen and oxygen atoms in total. The molecule has 1 saturated carbocycles. The first-order valence-electron chi connectivity index (χ1n) is 5.46. The van der Waals surface area contributed by atoms with E-state index in [-0.39, 0.29) is 26.4 Å². The van der Waals surface area contributed by atoms with Gasteiger partial charge in [-0.25, -0.2) is 4.79 Å². The van der Waals surface area contributed by atoms with Crippen molar-refractivity contribution in [1.82, 2.24) is 0 Å². The maximum absolute atomic E-state index is 10.4. The second kappa shape index (κ2) is 17.1. The number of hydrogen-bond donors (Lipinski definition) is 2. The fourth-order valence-corrected chi connectivity index (χ4v) is 0.296. The van der Waals surface area contributed by atoms with Crippen LogP contribution in [-0.2, 0) is 9.47 Å². The third-order valence-corrected chi connectivity index (χ3v) is 1.09. The van der Waals surface area contributed by atoms with Crippen molar-refractivity contribution in [2.45, 2.75) is 19.3 Å². The lowest BCUT2D eigenvalue weighted by Crippen LogP contribution is -2.06. The Bertz CT molecular complexity index is 171. The van der Waals surface area contributed by atoms with E-state index in [1.165, 1.54) is 31.4 Å². The molecule has 0 aliphatic heterocycles. The van der Waals surface area contributed by atoms with Gasteiger partial charge in [0.2, 0.25) is 0 Å². The smallest absolute Gasteiger partial charge is 0.430 e. The molecular formula is C12H22O5. The summed E-state index contributed by atoms with van der Waals surface area (Å²) in [4.78, 5) is 10.4. The zero-order valence-electron chi connectivity index (χ0n) is 10.1. The lowest BCUT2D eigenvalue weighted by molar-refractivity contribution is 0.0718. The van der Waals surface area contributed by atoms with Gasteiger partial charge < -0.3 is 19.7 Å². The van der Waals surface area contributed by atoms with Gasteiger partial charge in [0.25, 0.3) is 0 Å². The van der Waals surface area contributed by atoms with Crippen LogP contribution < -0.4 is 0 Å². The van der Waals surface area contributed by atoms with E-state index in [1.54, 1.807) is 0 Å². The molecule has 1 aliphatic rings. The number of aliphatic hydroxyl groups excluding tert-OH is 2. The number of aliphatic hydroxyl groups is 2. The average Bonchev–Trinajstić information content (AvgIpc) is 3.22. The Morgan fingerprint density at radius 1 is 1.00 bits per heavy atom. The molecule has 0 radical (unpaired) electrons. The molecule has 1 rings (SSSR count). The van der Waals surface area contributed by atoms with Crippen LogP contribution in [0.3, 0.4) is 0 Å². The van der Waals surface area contributed by atoms with Gasteiger partial charge in [-0.05, 0) is 0 Å². The van der Waals surface area contributed by atoms with Crippen molar-refractivity contribution in [3.8, 4) is 0 Å². The number of carbonyl (C=O) groups excluding carboxylic acids is 1. The van der Waals surface area contributed by atoms with Gasteiger partial charge in [0.05, 0.1) is 13.2 Å². The number of hydrogen-bond acceptors (Lipinski definition) is 5. The third kappa shape index (κ3) is 31.3. The molecule has 0 atom stereocenters. The summed E-state index contributed by atoms with van der Waals surface area (Å²) < 4.78 is 8.93. The highest BCUT2D eigenvalue weighted by atomic mass is 16.7. The van der Waals surface area contributed by atoms with E-state index >= 15 is 0 Å². The molecule has 0 unspecified atom stereocenters. The van der Waals surface area contributed by atoms with E-state index in [0.29, 0.717) is 0 Å². The number of ether oxygens (including phenoxy) is 2. The van der Waals surface area contributed by atoms with Crippen LogP contribution in [0.5, 0.6) is 0 Å². The second-order valence-corrected chi connectivity index (χ2v) is 2.96. The van der Waals surface area contributed by atoms with Gasteiger partial charge in [-0.15, -0.1) is 0 Å². The topological polar surface area (TPSA) is 76.0 Å². The first kappa shape index (κ1) is 18.0. The molecule has 1 aliphatic carbocycles. The highest BCUT2D eigenvalue weighted by Gasteiger charge is 1.97. The molecule has 0 amide bonds. The largest absolute Gasteiger partial charge is 0.508 e. The molecule has 2 N–H and O–H groups in total. The molecule has 0 aromatic heterocycles. The SMILES string of the molecule is C1CC1.C=CCOC(=O)OCC=C.OCCO. The monoisotopic (exact) mass is 246 g/mol. The van der Waals surface area contributed by atoms with Gasteiger partial charge >= 0.3 is 6.16 Å². The minimum absolute atomic E-state index is 0.125. The lowest BCUT2D eigenvalue weighted by Gasteiger charge is -1.99. The van der Waals surface area contributed by atoms with Gasteiger partial charge in [0.1, 0.15) is 13.2 Å². The fourth-order valence-electron chi connectivity index (χ4n) is 0.296. The zero-order valence-corrected chi connectivity index (χ0v) is 10.1. The molecule has 0 aromatic rings. The van der Waals surface area contributed by atoms with Gasteiger partial charge in [0.15, 0.2) is 0 Å². The summed E-state index contributed by atoms with van der Waals surface area (Å²) in [5, 5.41) is 15.2. The molecule has 0 saturated heterocycles. The Morgan fingerprint density at radius 3 is 1.53 bits per heavy atom. The predicted molar refractivity (Wildman–Crippen MR) is 65.7 cm³/mol. The predicted octanol–water partition coefficient (Wildman–Crippen LogP) is 1.65. The van der Waals surface area contributed by atoms with Crippen molar-refractivity contribution >= 4 is 6.16 Å². The Labute approximate surface area is 102 Å². The summed E-state index contributed by atoms with van der Waals surface area (Å²) in [7, 11) is 0. The molecular weight excluding hydrogens is 224 g/mol. The van der Waals surface area contributed by atoms with Gasteiger partial charge in [-0.1, -0.05) is 44.6 Å². The second-order valence-electron chi connectivity index (χ2n) is 2.96. The zero-order chi connectivity index (χ0) is 13.4. The summed E-state index contributed by atoms with van der Waals surface area (Å²) in [5.74, 6) is 0. The van der Waals surface area contributed by atoms with Crippen LogP contribution in [0.1, 0.15) is 19.3 Å². The normalized spacial score (nSPS) is 10.7. The minimum Gasteiger partial charge on any atom is -0.430 e. The first-order chi connectivity index (χ1) is 8.22. The lowest BCUT2D eigenvalue weighted by atomic mass is 10.7. The van der Waals surface area contributed by atoms with Crippen LogP contribution in [0.15, 0.2) is 25.3 Å². The average molecular weight is 246 g/mol. The Balaban J connectivity index is 0. The minimum atomic E-state index is -0.695. The molecule has 5 heteroatoms. The molecule has 0 aromatic carbocycles. The van der Waals surface area contributed by atoms with Gasteiger partial charge in [-0.3, -0.25) is 0 Å². The molecule has 0 bridgehead atoms. The van der Waals surface area contributed by atoms with E-state index in [4.69, 9.17) is 10.2 Å². The van der Waals surface area contributed by atoms with E-state index in [1.807, 2.05) is 0 Å². The van der Waals surface area contributed by atoms with E-state index in [9.17, 15) is 4.79 Å². The number of carbonyl (C=O) groups is 1. The van der Waals surface area contributed by atoms with Crippen molar-refractivity contribution in [2.24, 2.45) is 0 Å². The summed E-state index contributed by atoms with van der Waals surface area (Å²) in [6, 6.07) is 0. The van der Waals surface area contributed by atoms with E-state index in [2.05, 4.69) is 22.6 Å². The van der Waals surface area contributed by atoms with E-state index in [0.717, 1.165) is 0 Å². The summed E-state index contributed by atoms with van der Waals surface area (Å²) in [6.07, 6.45) is 6.74. The van der Waals surface area contributed by atoms with Crippen LogP contribution in [0.2, 0.25) is 0 Å². The number of rotatable bonds is 5. The summed E-state index contributed by atoms with van der Waals surface area (Å²) >= 11 is 0. The van der Waals surface area contributed by atoms with Gasteiger partial charge in [-0.2, -0.15) is 0 Å². The van der Waals surface area contributed by atoms with Crippen molar-refractivity contribution < 1.29 is 24.5 Å². The van der Waals surface area contributed by atoms with Crippen molar-refractivity contribution in [3.05, 3.63) is 25.3 Å². The van der Waals surface area contributed by atoms with Crippen molar-refractivity contribution in [1.29, 1.82) is 0 Å². The molecule has 100 valence electrons. The van der Waals surface area contributed by atoms with Gasteiger partial charge in [0, 0.05) is 0 Å². The highest BCUT2D eigenvalue weighted by Crippen LogP contribution is 2.14. The van der Waals surface area contributed by atoms with Crippen LogP contribution >= 0.6 is 0 Å². The van der Waals surface area contributed by atoms with Crippen molar-refractivity contribution in [2.75, 3.05) is 26.4 Å². The van der Waals surface area contributed by atoms with Crippen LogP contribution in [0.4, 0.5) is 4.79 Å². The Morgan fingerprint density at radius 2 is 1.35 bits per heavy atom. The maximum Gasteiger partial charge on any atom is 0.508 e. The molecule has 1 fully saturated rings. The van der Waals surface area contributed by atoms with Crippen molar-refractivity contribution in [3.63, 3.8) is 0 Å². The van der Waals surface area contributed by atoms with Crippen LogP contribution in [-0.4, -0.2) is 42.8 Å². The highest BCUT2D eigenvalue weighted by molar-refractivity contribution is 5.60. The summed E-state index contributed by atoms with van der Waals surface area (Å²) in [5.41, 5.74) is 0. The molecule has 17 heavy (non-hydrogen) atoms. The maximum atomic E-state index is 10.4. The molecule has 0 heterocycles. The van der Waals surface area contributed by atoms with Crippen LogP contribution in [0, 0.1) is 0 Å². The molecule has 0 spiro atoms.